The number of carboxylic acids is 1. The lowest BCUT2D eigenvalue weighted by Crippen LogP contribution is -2.48. The molecule has 0 radical (unpaired) electrons. The molecule has 7 heteroatoms. The molecular formula is C15H19ClN2O4. The van der Waals surface area contributed by atoms with E-state index in [-0.39, 0.29) is 6.42 Å². The predicted molar refractivity (Wildman–Crippen MR) is 83.7 cm³/mol. The molecular weight excluding hydrogens is 308 g/mol. The highest BCUT2D eigenvalue weighted by Crippen LogP contribution is 2.21. The molecule has 22 heavy (non-hydrogen) atoms. The molecule has 1 rings (SSSR count). The SMILES string of the molecule is CC(CC(=O)O)NC(=O)C(C)(C)C(=O)Nc1cccc(Cl)c1. The monoisotopic (exact) mass is 326 g/mol. The molecule has 0 heterocycles. The van der Waals surface area contributed by atoms with E-state index in [2.05, 4.69) is 10.6 Å². The van der Waals surface area contributed by atoms with Crippen LogP contribution in [0.25, 0.3) is 0 Å². The molecule has 0 fully saturated rings. The van der Waals surface area contributed by atoms with Gasteiger partial charge in [-0.1, -0.05) is 17.7 Å². The quantitative estimate of drug-likeness (QED) is 0.699. The summed E-state index contributed by atoms with van der Waals surface area (Å²) in [6, 6.07) is 6.01. The minimum Gasteiger partial charge on any atom is -0.481 e. The van der Waals surface area contributed by atoms with Gasteiger partial charge in [-0.2, -0.15) is 0 Å². The molecule has 120 valence electrons. The third-order valence-corrected chi connectivity index (χ3v) is 3.31. The van der Waals surface area contributed by atoms with E-state index < -0.39 is 29.2 Å². The standard InChI is InChI=1S/C15H19ClN2O4/c1-9(7-12(19)20)17-13(21)15(2,3)14(22)18-11-6-4-5-10(16)8-11/h4-6,8-9H,7H2,1-3H3,(H,17,21)(H,18,22)(H,19,20). The normalized spacial score (nSPS) is 12.4. The van der Waals surface area contributed by atoms with Gasteiger partial charge in [0.15, 0.2) is 0 Å². The molecule has 0 saturated heterocycles. The van der Waals surface area contributed by atoms with Crippen molar-refractivity contribution in [1.29, 1.82) is 0 Å². The molecule has 6 nitrogen and oxygen atoms in total. The first-order valence-corrected chi connectivity index (χ1v) is 7.10. The van der Waals surface area contributed by atoms with Crippen molar-refractivity contribution in [2.75, 3.05) is 5.32 Å². The van der Waals surface area contributed by atoms with Crippen molar-refractivity contribution in [3.8, 4) is 0 Å². The Morgan fingerprint density at radius 3 is 2.45 bits per heavy atom. The van der Waals surface area contributed by atoms with E-state index in [1.807, 2.05) is 0 Å². The van der Waals surface area contributed by atoms with Gasteiger partial charge in [-0.25, -0.2) is 0 Å². The minimum atomic E-state index is -1.35. The first kappa shape index (κ1) is 18.0. The summed E-state index contributed by atoms with van der Waals surface area (Å²) in [5.41, 5.74) is -0.869. The molecule has 1 aromatic carbocycles. The van der Waals surface area contributed by atoms with Gasteiger partial charge in [-0.3, -0.25) is 14.4 Å². The second-order valence-electron chi connectivity index (χ2n) is 5.56. The zero-order valence-electron chi connectivity index (χ0n) is 12.6. The molecule has 2 amide bonds. The first-order chi connectivity index (χ1) is 10.1. The van der Waals surface area contributed by atoms with E-state index in [0.717, 1.165) is 0 Å². The molecule has 0 aliphatic carbocycles. The summed E-state index contributed by atoms with van der Waals surface area (Å²) in [5, 5.41) is 14.3. The fraction of sp³-hybridized carbons (Fsp3) is 0.400. The average Bonchev–Trinajstić information content (AvgIpc) is 2.37. The second kappa shape index (κ2) is 7.26. The summed E-state index contributed by atoms with van der Waals surface area (Å²) in [6.07, 6.45) is -0.211. The first-order valence-electron chi connectivity index (χ1n) is 6.72. The molecule has 0 spiro atoms. The minimum absolute atomic E-state index is 0.211. The predicted octanol–water partition coefficient (Wildman–Crippen LogP) is 2.28. The molecule has 3 N–H and O–H groups in total. The van der Waals surface area contributed by atoms with Gasteiger partial charge < -0.3 is 15.7 Å². The van der Waals surface area contributed by atoms with Crippen LogP contribution in [0.1, 0.15) is 27.2 Å². The van der Waals surface area contributed by atoms with Crippen LogP contribution < -0.4 is 10.6 Å². The lowest BCUT2D eigenvalue weighted by molar-refractivity contribution is -0.139. The summed E-state index contributed by atoms with van der Waals surface area (Å²) in [6.45, 7) is 4.50. The van der Waals surface area contributed by atoms with E-state index in [9.17, 15) is 14.4 Å². The van der Waals surface area contributed by atoms with Crippen LogP contribution in [0, 0.1) is 5.41 Å². The third kappa shape index (κ3) is 5.04. The number of rotatable bonds is 6. The Balaban J connectivity index is 2.73. The van der Waals surface area contributed by atoms with Crippen LogP contribution in [0.2, 0.25) is 5.02 Å². The zero-order valence-corrected chi connectivity index (χ0v) is 13.4. The average molecular weight is 327 g/mol. The van der Waals surface area contributed by atoms with Crippen molar-refractivity contribution in [3.05, 3.63) is 29.3 Å². The molecule has 0 bridgehead atoms. The van der Waals surface area contributed by atoms with Gasteiger partial charge in [-0.15, -0.1) is 0 Å². The van der Waals surface area contributed by atoms with Gasteiger partial charge in [0, 0.05) is 16.8 Å². The number of aliphatic carboxylic acids is 1. The van der Waals surface area contributed by atoms with E-state index >= 15 is 0 Å². The van der Waals surface area contributed by atoms with Crippen molar-refractivity contribution >= 4 is 35.1 Å². The number of halogens is 1. The van der Waals surface area contributed by atoms with Crippen LogP contribution in [0.3, 0.4) is 0 Å². The van der Waals surface area contributed by atoms with Gasteiger partial charge in [0.1, 0.15) is 5.41 Å². The van der Waals surface area contributed by atoms with Crippen molar-refractivity contribution in [2.45, 2.75) is 33.2 Å². The molecule has 0 saturated carbocycles. The summed E-state index contributed by atoms with van der Waals surface area (Å²) in [5.74, 6) is -2.07. The number of nitrogens with one attached hydrogen (secondary N) is 2. The Morgan fingerprint density at radius 2 is 1.91 bits per heavy atom. The van der Waals surface area contributed by atoms with Gasteiger partial charge in [0.25, 0.3) is 0 Å². The maximum absolute atomic E-state index is 12.3. The second-order valence-corrected chi connectivity index (χ2v) is 6.00. The number of amides is 2. The van der Waals surface area contributed by atoms with Crippen LogP contribution in [-0.4, -0.2) is 28.9 Å². The van der Waals surface area contributed by atoms with E-state index in [0.29, 0.717) is 10.7 Å². The fourth-order valence-electron chi connectivity index (χ4n) is 1.67. The van der Waals surface area contributed by atoms with Crippen molar-refractivity contribution in [2.24, 2.45) is 5.41 Å². The molecule has 0 aliphatic rings. The molecule has 1 aromatic rings. The summed E-state index contributed by atoms with van der Waals surface area (Å²) >= 11 is 5.84. The number of anilines is 1. The fourth-order valence-corrected chi connectivity index (χ4v) is 1.86. The maximum Gasteiger partial charge on any atom is 0.305 e. The van der Waals surface area contributed by atoms with Gasteiger partial charge >= 0.3 is 5.97 Å². The zero-order chi connectivity index (χ0) is 16.9. The Labute approximate surface area is 133 Å². The lowest BCUT2D eigenvalue weighted by atomic mass is 9.90. The summed E-state index contributed by atoms with van der Waals surface area (Å²) in [4.78, 5) is 35.0. The smallest absolute Gasteiger partial charge is 0.305 e. The van der Waals surface area contributed by atoms with Crippen LogP contribution in [0.5, 0.6) is 0 Å². The number of carboxylic acid groups (broad SMARTS) is 1. The van der Waals surface area contributed by atoms with Crippen LogP contribution in [-0.2, 0) is 14.4 Å². The number of carbonyl (C=O) groups is 3. The molecule has 1 unspecified atom stereocenters. The highest BCUT2D eigenvalue weighted by molar-refractivity contribution is 6.31. The van der Waals surface area contributed by atoms with Crippen LogP contribution in [0.15, 0.2) is 24.3 Å². The van der Waals surface area contributed by atoms with Gasteiger partial charge in [-0.05, 0) is 39.0 Å². The highest BCUT2D eigenvalue weighted by atomic mass is 35.5. The van der Waals surface area contributed by atoms with Crippen molar-refractivity contribution in [1.82, 2.24) is 5.32 Å². The van der Waals surface area contributed by atoms with Crippen molar-refractivity contribution in [3.63, 3.8) is 0 Å². The largest absolute Gasteiger partial charge is 0.481 e. The van der Waals surface area contributed by atoms with E-state index in [4.69, 9.17) is 16.7 Å². The topological polar surface area (TPSA) is 95.5 Å². The summed E-state index contributed by atoms with van der Waals surface area (Å²) < 4.78 is 0. The Bertz CT molecular complexity index is 587. The summed E-state index contributed by atoms with van der Waals surface area (Å²) in [7, 11) is 0. The maximum atomic E-state index is 12.3. The third-order valence-electron chi connectivity index (χ3n) is 3.08. The van der Waals surface area contributed by atoms with Gasteiger partial charge in [0.05, 0.1) is 6.42 Å². The number of hydrogen-bond acceptors (Lipinski definition) is 3. The van der Waals surface area contributed by atoms with Crippen LogP contribution in [0.4, 0.5) is 5.69 Å². The molecule has 1 atom stereocenters. The highest BCUT2D eigenvalue weighted by Gasteiger charge is 2.36. The Morgan fingerprint density at radius 1 is 1.27 bits per heavy atom. The molecule has 0 aromatic heterocycles. The van der Waals surface area contributed by atoms with Gasteiger partial charge in [0.2, 0.25) is 11.8 Å². The van der Waals surface area contributed by atoms with Crippen LogP contribution >= 0.6 is 11.6 Å². The Hall–Kier alpha value is -2.08. The Kier molecular flexibility index (Phi) is 5.93. The number of hydrogen-bond donors (Lipinski definition) is 3. The lowest BCUT2D eigenvalue weighted by Gasteiger charge is -2.24. The van der Waals surface area contributed by atoms with E-state index in [1.54, 1.807) is 31.2 Å². The van der Waals surface area contributed by atoms with E-state index in [1.165, 1.54) is 13.8 Å². The van der Waals surface area contributed by atoms with Crippen molar-refractivity contribution < 1.29 is 19.5 Å². The number of benzene rings is 1. The molecule has 0 aliphatic heterocycles. The number of carbonyl (C=O) groups excluding carboxylic acids is 2.